The topological polar surface area (TPSA) is 63.6 Å². The van der Waals surface area contributed by atoms with Crippen molar-refractivity contribution in [2.75, 3.05) is 6.61 Å². The predicted molar refractivity (Wildman–Crippen MR) is 60.5 cm³/mol. The molecule has 0 spiro atoms. The van der Waals surface area contributed by atoms with Crippen LogP contribution < -0.4 is 0 Å². The number of hydrogen-bond acceptors (Lipinski definition) is 3. The smallest absolute Gasteiger partial charge is 0.324 e. The second-order valence-corrected chi connectivity index (χ2v) is 4.37. The fourth-order valence-corrected chi connectivity index (χ4v) is 2.30. The van der Waals surface area contributed by atoms with Crippen LogP contribution in [0.5, 0.6) is 0 Å². The number of carboxylic acid groups (broad SMARTS) is 1. The summed E-state index contributed by atoms with van der Waals surface area (Å²) in [4.78, 5) is 23.3. The largest absolute Gasteiger partial charge is 0.480 e. The molecule has 0 aromatic heterocycles. The van der Waals surface area contributed by atoms with Crippen LogP contribution in [0.4, 0.5) is 4.39 Å². The highest BCUT2D eigenvalue weighted by atomic mass is 19.1. The fourth-order valence-electron chi connectivity index (χ4n) is 2.30. The monoisotopic (exact) mass is 252 g/mol. The van der Waals surface area contributed by atoms with Gasteiger partial charge in [-0.3, -0.25) is 9.59 Å². The summed E-state index contributed by atoms with van der Waals surface area (Å²) in [5, 5.41) is 9.31. The lowest BCUT2D eigenvalue weighted by molar-refractivity contribution is -0.167. The highest BCUT2D eigenvalue weighted by Crippen LogP contribution is 2.38. The second-order valence-electron chi connectivity index (χ2n) is 4.37. The van der Waals surface area contributed by atoms with E-state index >= 15 is 0 Å². The molecule has 0 amide bonds. The molecule has 1 aromatic carbocycles. The van der Waals surface area contributed by atoms with Gasteiger partial charge in [0.05, 0.1) is 6.61 Å². The van der Waals surface area contributed by atoms with Crippen molar-refractivity contribution >= 4 is 11.9 Å². The van der Waals surface area contributed by atoms with Crippen molar-refractivity contribution < 1.29 is 23.8 Å². The molecular weight excluding hydrogens is 239 g/mol. The van der Waals surface area contributed by atoms with Gasteiger partial charge in [0.25, 0.3) is 0 Å². The summed E-state index contributed by atoms with van der Waals surface area (Å²) in [6, 6.07) is 4.07. The van der Waals surface area contributed by atoms with E-state index in [1.54, 1.807) is 6.92 Å². The molecule has 0 saturated carbocycles. The number of carboxylic acids is 1. The van der Waals surface area contributed by atoms with Gasteiger partial charge in [0.2, 0.25) is 0 Å². The van der Waals surface area contributed by atoms with Crippen LogP contribution in [0, 0.1) is 11.2 Å². The summed E-state index contributed by atoms with van der Waals surface area (Å²) < 4.78 is 17.9. The third-order valence-corrected chi connectivity index (χ3v) is 3.23. The molecule has 5 heteroatoms. The van der Waals surface area contributed by atoms with E-state index in [9.17, 15) is 19.1 Å². The molecule has 0 radical (unpaired) electrons. The van der Waals surface area contributed by atoms with Crippen LogP contribution in [0.3, 0.4) is 0 Å². The molecule has 1 N–H and O–H groups in total. The van der Waals surface area contributed by atoms with E-state index in [-0.39, 0.29) is 19.4 Å². The minimum Gasteiger partial charge on any atom is -0.480 e. The highest BCUT2D eigenvalue weighted by molar-refractivity contribution is 6.00. The molecule has 0 saturated heterocycles. The molecule has 4 nitrogen and oxygen atoms in total. The molecule has 0 aliphatic heterocycles. The minimum absolute atomic E-state index is 0.0196. The summed E-state index contributed by atoms with van der Waals surface area (Å²) in [5.74, 6) is -2.41. The zero-order chi connectivity index (χ0) is 13.3. The molecule has 1 atom stereocenters. The van der Waals surface area contributed by atoms with E-state index in [0.29, 0.717) is 11.1 Å². The van der Waals surface area contributed by atoms with Crippen molar-refractivity contribution in [1.29, 1.82) is 0 Å². The maximum absolute atomic E-state index is 13.1. The Balaban J connectivity index is 2.38. The van der Waals surface area contributed by atoms with E-state index in [0.717, 1.165) is 0 Å². The van der Waals surface area contributed by atoms with Gasteiger partial charge in [0, 0.05) is 0 Å². The van der Waals surface area contributed by atoms with E-state index < -0.39 is 23.2 Å². The third-order valence-electron chi connectivity index (χ3n) is 3.23. The van der Waals surface area contributed by atoms with Crippen molar-refractivity contribution in [1.82, 2.24) is 0 Å². The van der Waals surface area contributed by atoms with Gasteiger partial charge in [0.15, 0.2) is 5.41 Å². The maximum atomic E-state index is 13.1. The third kappa shape index (κ3) is 1.85. The van der Waals surface area contributed by atoms with Gasteiger partial charge in [-0.25, -0.2) is 4.39 Å². The molecule has 0 fully saturated rings. The number of carbonyl (C=O) groups excluding carboxylic acids is 1. The quantitative estimate of drug-likeness (QED) is 0.655. The van der Waals surface area contributed by atoms with Crippen LogP contribution in [0.25, 0.3) is 0 Å². The Bertz CT molecular complexity index is 512. The Kier molecular flexibility index (Phi) is 3.07. The van der Waals surface area contributed by atoms with E-state index in [2.05, 4.69) is 0 Å². The summed E-state index contributed by atoms with van der Waals surface area (Å²) in [6.45, 7) is 1.74. The van der Waals surface area contributed by atoms with Crippen LogP contribution in [-0.2, 0) is 27.2 Å². The van der Waals surface area contributed by atoms with Gasteiger partial charge in [-0.2, -0.15) is 0 Å². The standard InChI is InChI=1S/C13H13FO4/c1-2-18-12(17)13(11(15)16)6-8-3-4-10(14)5-9(8)7-13/h3-5H,2,6-7H2,1H3,(H,15,16)/t13-/m1/s1. The van der Waals surface area contributed by atoms with Crippen LogP contribution >= 0.6 is 0 Å². The number of halogens is 1. The maximum Gasteiger partial charge on any atom is 0.324 e. The van der Waals surface area contributed by atoms with Gasteiger partial charge < -0.3 is 9.84 Å². The van der Waals surface area contributed by atoms with Gasteiger partial charge in [-0.15, -0.1) is 0 Å². The Hall–Kier alpha value is -1.91. The van der Waals surface area contributed by atoms with Crippen molar-refractivity contribution in [3.8, 4) is 0 Å². The molecule has 0 heterocycles. The molecule has 2 rings (SSSR count). The number of carbonyl (C=O) groups is 2. The normalized spacial score (nSPS) is 21.4. The van der Waals surface area contributed by atoms with Crippen LogP contribution in [0.1, 0.15) is 18.1 Å². The van der Waals surface area contributed by atoms with Gasteiger partial charge in [-0.1, -0.05) is 6.07 Å². The highest BCUT2D eigenvalue weighted by Gasteiger charge is 2.51. The number of aliphatic carboxylic acids is 1. The summed E-state index contributed by atoms with van der Waals surface area (Å²) in [6.07, 6.45) is 0.0328. The lowest BCUT2D eigenvalue weighted by atomic mass is 9.85. The predicted octanol–water partition coefficient (Wildman–Crippen LogP) is 1.56. The number of hydrogen-bond donors (Lipinski definition) is 1. The first-order valence-electron chi connectivity index (χ1n) is 5.67. The van der Waals surface area contributed by atoms with Crippen molar-refractivity contribution in [3.05, 3.63) is 35.1 Å². The average molecular weight is 252 g/mol. The number of fused-ring (bicyclic) bond motifs is 1. The minimum atomic E-state index is -1.61. The Morgan fingerprint density at radius 2 is 2.06 bits per heavy atom. The SMILES string of the molecule is CCOC(=O)[C@]1(C(=O)O)Cc2ccc(F)cc2C1. The van der Waals surface area contributed by atoms with E-state index in [1.165, 1.54) is 18.2 Å². The fraction of sp³-hybridized carbons (Fsp3) is 0.385. The molecule has 96 valence electrons. The molecule has 0 bridgehead atoms. The van der Waals surface area contributed by atoms with Crippen LogP contribution in [0.15, 0.2) is 18.2 Å². The van der Waals surface area contributed by atoms with E-state index in [1.807, 2.05) is 0 Å². The lowest BCUT2D eigenvalue weighted by Gasteiger charge is -2.21. The summed E-state index contributed by atoms with van der Waals surface area (Å²) >= 11 is 0. The van der Waals surface area contributed by atoms with E-state index in [4.69, 9.17) is 4.74 Å². The molecule has 18 heavy (non-hydrogen) atoms. The number of rotatable bonds is 3. The molecule has 0 unspecified atom stereocenters. The first kappa shape index (κ1) is 12.5. The summed E-state index contributed by atoms with van der Waals surface area (Å²) in [7, 11) is 0. The summed E-state index contributed by atoms with van der Waals surface area (Å²) in [5.41, 5.74) is -0.358. The number of benzene rings is 1. The van der Waals surface area contributed by atoms with Crippen molar-refractivity contribution in [2.24, 2.45) is 5.41 Å². The van der Waals surface area contributed by atoms with Crippen LogP contribution in [0.2, 0.25) is 0 Å². The van der Waals surface area contributed by atoms with Crippen LogP contribution in [-0.4, -0.2) is 23.7 Å². The Morgan fingerprint density at radius 1 is 1.39 bits per heavy atom. The van der Waals surface area contributed by atoms with Gasteiger partial charge in [-0.05, 0) is 43.0 Å². The van der Waals surface area contributed by atoms with Gasteiger partial charge in [0.1, 0.15) is 5.82 Å². The number of esters is 1. The zero-order valence-corrected chi connectivity index (χ0v) is 9.90. The Morgan fingerprint density at radius 3 is 2.67 bits per heavy atom. The molecular formula is C13H13FO4. The first-order valence-corrected chi connectivity index (χ1v) is 5.67. The van der Waals surface area contributed by atoms with Crippen molar-refractivity contribution in [2.45, 2.75) is 19.8 Å². The lowest BCUT2D eigenvalue weighted by Crippen LogP contribution is -2.41. The Labute approximate surface area is 103 Å². The second kappa shape index (κ2) is 4.40. The average Bonchev–Trinajstić information content (AvgIpc) is 2.69. The number of ether oxygens (including phenoxy) is 1. The zero-order valence-electron chi connectivity index (χ0n) is 9.90. The molecule has 1 aliphatic rings. The van der Waals surface area contributed by atoms with Gasteiger partial charge >= 0.3 is 11.9 Å². The first-order chi connectivity index (χ1) is 8.49. The molecule has 1 aliphatic carbocycles. The van der Waals surface area contributed by atoms with Crippen molar-refractivity contribution in [3.63, 3.8) is 0 Å². The molecule has 1 aromatic rings.